The van der Waals surface area contributed by atoms with Gasteiger partial charge in [-0.05, 0) is 7.05 Å². The van der Waals surface area contributed by atoms with Crippen LogP contribution in [-0.2, 0) is 4.79 Å². The normalized spacial score (nSPS) is 26.8. The molecule has 1 aliphatic rings. The SMILES string of the molecule is CN1CCC(=O)NCC1C(F)(F)F. The number of hydrogen-bond donors (Lipinski definition) is 1. The van der Waals surface area contributed by atoms with E-state index in [9.17, 15) is 18.0 Å². The Labute approximate surface area is 73.9 Å². The molecule has 0 bridgehead atoms. The number of likely N-dealkylation sites (N-methyl/N-ethyl adjacent to an activating group) is 1. The third-order valence-corrected chi connectivity index (χ3v) is 2.09. The quantitative estimate of drug-likeness (QED) is 0.607. The molecule has 76 valence electrons. The van der Waals surface area contributed by atoms with Gasteiger partial charge in [0, 0.05) is 19.5 Å². The van der Waals surface area contributed by atoms with Crippen molar-refractivity contribution < 1.29 is 18.0 Å². The number of halogens is 3. The number of nitrogens with one attached hydrogen (secondary N) is 1. The van der Waals surface area contributed by atoms with E-state index in [1.54, 1.807) is 0 Å². The van der Waals surface area contributed by atoms with Gasteiger partial charge in [0.2, 0.25) is 5.91 Å². The number of nitrogens with zero attached hydrogens (tertiary/aromatic N) is 1. The highest BCUT2D eigenvalue weighted by atomic mass is 19.4. The molecule has 0 spiro atoms. The standard InChI is InChI=1S/C7H11F3N2O/c1-12-3-2-6(13)11-4-5(12)7(8,9)10/h5H,2-4H2,1H3,(H,11,13). The molecule has 0 saturated carbocycles. The molecule has 6 heteroatoms. The molecular formula is C7H11F3N2O. The zero-order chi connectivity index (χ0) is 10.1. The van der Waals surface area contributed by atoms with Crippen LogP contribution >= 0.6 is 0 Å². The van der Waals surface area contributed by atoms with Crippen LogP contribution in [0.5, 0.6) is 0 Å². The maximum Gasteiger partial charge on any atom is 0.405 e. The Hall–Kier alpha value is -0.780. The summed E-state index contributed by atoms with van der Waals surface area (Å²) in [6, 6.07) is -1.56. The molecular weight excluding hydrogens is 185 g/mol. The van der Waals surface area contributed by atoms with E-state index in [1.165, 1.54) is 7.05 Å². The lowest BCUT2D eigenvalue weighted by Gasteiger charge is -2.26. The largest absolute Gasteiger partial charge is 0.405 e. The number of alkyl halides is 3. The van der Waals surface area contributed by atoms with E-state index in [4.69, 9.17) is 0 Å². The van der Waals surface area contributed by atoms with Crippen LogP contribution in [0.2, 0.25) is 0 Å². The Morgan fingerprint density at radius 1 is 1.54 bits per heavy atom. The van der Waals surface area contributed by atoms with Gasteiger partial charge in [0.05, 0.1) is 0 Å². The van der Waals surface area contributed by atoms with E-state index in [-0.39, 0.29) is 25.4 Å². The summed E-state index contributed by atoms with van der Waals surface area (Å²) in [7, 11) is 1.37. The van der Waals surface area contributed by atoms with Gasteiger partial charge in [-0.25, -0.2) is 0 Å². The van der Waals surface area contributed by atoms with Gasteiger partial charge in [0.25, 0.3) is 0 Å². The zero-order valence-corrected chi connectivity index (χ0v) is 7.19. The maximum absolute atomic E-state index is 12.3. The van der Waals surface area contributed by atoms with Gasteiger partial charge in [0.1, 0.15) is 6.04 Å². The molecule has 0 aromatic carbocycles. The van der Waals surface area contributed by atoms with Crippen molar-refractivity contribution in [2.75, 3.05) is 20.1 Å². The molecule has 0 aromatic rings. The second-order valence-corrected chi connectivity index (χ2v) is 3.09. The van der Waals surface area contributed by atoms with Crippen molar-refractivity contribution in [3.05, 3.63) is 0 Å². The second-order valence-electron chi connectivity index (χ2n) is 3.09. The highest BCUT2D eigenvalue weighted by Crippen LogP contribution is 2.24. The number of hydrogen-bond acceptors (Lipinski definition) is 2. The second kappa shape index (κ2) is 3.53. The Morgan fingerprint density at radius 2 is 2.15 bits per heavy atom. The van der Waals surface area contributed by atoms with Crippen LogP contribution in [0, 0.1) is 0 Å². The monoisotopic (exact) mass is 196 g/mol. The topological polar surface area (TPSA) is 32.3 Å². The van der Waals surface area contributed by atoms with E-state index in [0.29, 0.717) is 0 Å². The summed E-state index contributed by atoms with van der Waals surface area (Å²) >= 11 is 0. The van der Waals surface area contributed by atoms with Crippen LogP contribution in [0.15, 0.2) is 0 Å². The average molecular weight is 196 g/mol. The zero-order valence-electron chi connectivity index (χ0n) is 7.19. The molecule has 13 heavy (non-hydrogen) atoms. The van der Waals surface area contributed by atoms with Gasteiger partial charge >= 0.3 is 6.18 Å². The lowest BCUT2D eigenvalue weighted by Crippen LogP contribution is -2.48. The van der Waals surface area contributed by atoms with E-state index < -0.39 is 12.2 Å². The number of amides is 1. The minimum absolute atomic E-state index is 0.128. The van der Waals surface area contributed by atoms with E-state index in [2.05, 4.69) is 5.32 Å². The molecule has 3 nitrogen and oxygen atoms in total. The maximum atomic E-state index is 12.3. The minimum Gasteiger partial charge on any atom is -0.354 e. The van der Waals surface area contributed by atoms with Crippen molar-refractivity contribution in [1.29, 1.82) is 0 Å². The molecule has 0 aromatic heterocycles. The van der Waals surface area contributed by atoms with Crippen molar-refractivity contribution in [3.8, 4) is 0 Å². The van der Waals surface area contributed by atoms with Gasteiger partial charge in [0.15, 0.2) is 0 Å². The summed E-state index contributed by atoms with van der Waals surface area (Å²) < 4.78 is 36.9. The van der Waals surface area contributed by atoms with E-state index in [1.807, 2.05) is 0 Å². The first-order valence-electron chi connectivity index (χ1n) is 3.95. The van der Waals surface area contributed by atoms with E-state index in [0.717, 1.165) is 4.90 Å². The molecule has 0 aliphatic carbocycles. The Balaban J connectivity index is 2.68. The third kappa shape index (κ3) is 2.58. The highest BCUT2D eigenvalue weighted by molar-refractivity contribution is 5.76. The van der Waals surface area contributed by atoms with Crippen LogP contribution in [0.4, 0.5) is 13.2 Å². The van der Waals surface area contributed by atoms with Crippen LogP contribution in [0.3, 0.4) is 0 Å². The van der Waals surface area contributed by atoms with Gasteiger partial charge < -0.3 is 5.32 Å². The van der Waals surface area contributed by atoms with Crippen molar-refractivity contribution in [3.63, 3.8) is 0 Å². The summed E-state index contributed by atoms with van der Waals surface area (Å²) in [5.74, 6) is -0.321. The van der Waals surface area contributed by atoms with Gasteiger partial charge in [-0.2, -0.15) is 13.2 Å². The Bertz CT molecular complexity index is 204. The first kappa shape index (κ1) is 10.3. The van der Waals surface area contributed by atoms with Crippen molar-refractivity contribution >= 4 is 5.91 Å². The van der Waals surface area contributed by atoms with Crippen molar-refractivity contribution in [1.82, 2.24) is 10.2 Å². The predicted octanol–water partition coefficient (Wildman–Crippen LogP) is 0.369. The van der Waals surface area contributed by atoms with Crippen LogP contribution in [-0.4, -0.2) is 43.2 Å². The highest BCUT2D eigenvalue weighted by Gasteiger charge is 2.43. The minimum atomic E-state index is -4.27. The predicted molar refractivity (Wildman–Crippen MR) is 40.1 cm³/mol. The number of carbonyl (C=O) groups excluding carboxylic acids is 1. The number of rotatable bonds is 0. The first-order chi connectivity index (χ1) is 5.91. The van der Waals surface area contributed by atoms with Crippen LogP contribution < -0.4 is 5.32 Å². The molecule has 1 aliphatic heterocycles. The van der Waals surface area contributed by atoms with Crippen LogP contribution in [0.25, 0.3) is 0 Å². The fraction of sp³-hybridized carbons (Fsp3) is 0.857. The molecule has 0 radical (unpaired) electrons. The third-order valence-electron chi connectivity index (χ3n) is 2.09. The van der Waals surface area contributed by atoms with Crippen molar-refractivity contribution in [2.24, 2.45) is 0 Å². The molecule has 1 heterocycles. The summed E-state index contributed by atoms with van der Waals surface area (Å²) in [6.45, 7) is -0.200. The first-order valence-corrected chi connectivity index (χ1v) is 3.95. The molecule has 1 saturated heterocycles. The fourth-order valence-electron chi connectivity index (χ4n) is 1.25. The molecule has 1 N–H and O–H groups in total. The van der Waals surface area contributed by atoms with Crippen molar-refractivity contribution in [2.45, 2.75) is 18.6 Å². The van der Waals surface area contributed by atoms with Gasteiger partial charge in [-0.15, -0.1) is 0 Å². The van der Waals surface area contributed by atoms with E-state index >= 15 is 0 Å². The number of carbonyl (C=O) groups is 1. The fourth-order valence-corrected chi connectivity index (χ4v) is 1.25. The molecule has 1 atom stereocenters. The molecule has 1 amide bonds. The van der Waals surface area contributed by atoms with Crippen LogP contribution in [0.1, 0.15) is 6.42 Å². The smallest absolute Gasteiger partial charge is 0.354 e. The lowest BCUT2D eigenvalue weighted by atomic mass is 10.2. The van der Waals surface area contributed by atoms with Gasteiger partial charge in [-0.3, -0.25) is 9.69 Å². The summed E-state index contributed by atoms with van der Waals surface area (Å²) in [5, 5.41) is 2.23. The molecule has 1 rings (SSSR count). The Kier molecular flexibility index (Phi) is 2.80. The molecule has 1 fully saturated rings. The summed E-state index contributed by atoms with van der Waals surface area (Å²) in [5.41, 5.74) is 0. The average Bonchev–Trinajstić information content (AvgIpc) is 2.12. The molecule has 1 unspecified atom stereocenters. The summed E-state index contributed by atoms with van der Waals surface area (Å²) in [4.78, 5) is 11.9. The van der Waals surface area contributed by atoms with Gasteiger partial charge in [-0.1, -0.05) is 0 Å². The Morgan fingerprint density at radius 3 is 2.69 bits per heavy atom. The lowest BCUT2D eigenvalue weighted by molar-refractivity contribution is -0.177. The summed E-state index contributed by atoms with van der Waals surface area (Å²) in [6.07, 6.45) is -4.14.